The van der Waals surface area contributed by atoms with Crippen molar-refractivity contribution in [2.24, 2.45) is 0 Å². The molecule has 3 nitrogen and oxygen atoms in total. The molecule has 0 aliphatic rings. The SMILES string of the molecule is COc1ccc(Br)cc1CNCc1cccc(CO)c1. The summed E-state index contributed by atoms with van der Waals surface area (Å²) in [6.45, 7) is 1.56. The molecule has 4 heteroatoms. The highest BCUT2D eigenvalue weighted by atomic mass is 79.9. The second kappa shape index (κ2) is 7.43. The quantitative estimate of drug-likeness (QED) is 0.851. The molecule has 0 saturated heterocycles. The molecule has 0 radical (unpaired) electrons. The van der Waals surface area contributed by atoms with Crippen molar-refractivity contribution in [2.45, 2.75) is 19.7 Å². The smallest absolute Gasteiger partial charge is 0.123 e. The summed E-state index contributed by atoms with van der Waals surface area (Å²) in [6.07, 6.45) is 0. The van der Waals surface area contributed by atoms with E-state index in [1.54, 1.807) is 7.11 Å². The predicted octanol–water partition coefficient (Wildman–Crippen LogP) is 3.24. The van der Waals surface area contributed by atoms with Crippen molar-refractivity contribution in [3.8, 4) is 5.75 Å². The van der Waals surface area contributed by atoms with Gasteiger partial charge in [-0.1, -0.05) is 40.2 Å². The lowest BCUT2D eigenvalue weighted by molar-refractivity contribution is 0.281. The summed E-state index contributed by atoms with van der Waals surface area (Å²) in [5, 5.41) is 12.5. The van der Waals surface area contributed by atoms with Gasteiger partial charge in [-0.2, -0.15) is 0 Å². The molecule has 0 bridgehead atoms. The van der Waals surface area contributed by atoms with Crippen LogP contribution >= 0.6 is 15.9 Å². The van der Waals surface area contributed by atoms with Crippen LogP contribution in [-0.2, 0) is 19.7 Å². The van der Waals surface area contributed by atoms with Gasteiger partial charge in [0.2, 0.25) is 0 Å². The van der Waals surface area contributed by atoms with E-state index in [1.165, 1.54) is 0 Å². The number of ether oxygens (including phenoxy) is 1. The number of benzene rings is 2. The summed E-state index contributed by atoms with van der Waals surface area (Å²) < 4.78 is 6.38. The van der Waals surface area contributed by atoms with Crippen molar-refractivity contribution in [3.63, 3.8) is 0 Å². The molecule has 2 rings (SSSR count). The van der Waals surface area contributed by atoms with Crippen LogP contribution in [0.1, 0.15) is 16.7 Å². The molecule has 20 heavy (non-hydrogen) atoms. The van der Waals surface area contributed by atoms with Crippen LogP contribution in [0.25, 0.3) is 0 Å². The molecule has 0 aliphatic heterocycles. The third kappa shape index (κ3) is 4.07. The van der Waals surface area contributed by atoms with Crippen molar-refractivity contribution in [1.82, 2.24) is 5.32 Å². The van der Waals surface area contributed by atoms with Gasteiger partial charge < -0.3 is 15.2 Å². The van der Waals surface area contributed by atoms with E-state index in [9.17, 15) is 0 Å². The lowest BCUT2D eigenvalue weighted by Gasteiger charge is -2.10. The molecule has 0 fully saturated rings. The number of hydrogen-bond acceptors (Lipinski definition) is 3. The summed E-state index contributed by atoms with van der Waals surface area (Å²) in [5.74, 6) is 0.879. The molecule has 0 atom stereocenters. The van der Waals surface area contributed by atoms with Crippen molar-refractivity contribution in [3.05, 3.63) is 63.6 Å². The first-order valence-corrected chi connectivity index (χ1v) is 7.24. The first-order chi connectivity index (χ1) is 9.72. The van der Waals surface area contributed by atoms with Gasteiger partial charge in [0.15, 0.2) is 0 Å². The molecular weight excluding hydrogens is 318 g/mol. The van der Waals surface area contributed by atoms with Crippen LogP contribution < -0.4 is 10.1 Å². The monoisotopic (exact) mass is 335 g/mol. The highest BCUT2D eigenvalue weighted by Gasteiger charge is 2.03. The van der Waals surface area contributed by atoms with E-state index in [1.807, 2.05) is 36.4 Å². The molecule has 0 unspecified atom stereocenters. The highest BCUT2D eigenvalue weighted by molar-refractivity contribution is 9.10. The van der Waals surface area contributed by atoms with Gasteiger partial charge in [0.1, 0.15) is 5.75 Å². The Kier molecular flexibility index (Phi) is 5.59. The summed E-state index contributed by atoms with van der Waals surface area (Å²) in [6, 6.07) is 13.9. The molecular formula is C16H18BrNO2. The fourth-order valence-electron chi connectivity index (χ4n) is 2.06. The van der Waals surface area contributed by atoms with E-state index in [-0.39, 0.29) is 6.61 Å². The third-order valence-corrected chi connectivity index (χ3v) is 3.55. The van der Waals surface area contributed by atoms with Crippen LogP contribution in [0.4, 0.5) is 0 Å². The Hall–Kier alpha value is -1.36. The molecule has 0 aromatic heterocycles. The van der Waals surface area contributed by atoms with Crippen molar-refractivity contribution in [2.75, 3.05) is 7.11 Å². The number of halogens is 1. The van der Waals surface area contributed by atoms with Crippen molar-refractivity contribution >= 4 is 15.9 Å². The molecule has 2 aromatic carbocycles. The summed E-state index contributed by atoms with van der Waals surface area (Å²) >= 11 is 3.47. The molecule has 106 valence electrons. The van der Waals surface area contributed by atoms with Gasteiger partial charge in [-0.25, -0.2) is 0 Å². The van der Waals surface area contributed by atoms with E-state index in [0.29, 0.717) is 0 Å². The van der Waals surface area contributed by atoms with E-state index in [4.69, 9.17) is 9.84 Å². The van der Waals surface area contributed by atoms with Crippen molar-refractivity contribution < 1.29 is 9.84 Å². The molecule has 0 saturated carbocycles. The summed E-state index contributed by atoms with van der Waals surface area (Å²) in [5.41, 5.74) is 3.20. The van der Waals surface area contributed by atoms with Gasteiger partial charge in [0, 0.05) is 23.1 Å². The van der Waals surface area contributed by atoms with Crippen LogP contribution in [-0.4, -0.2) is 12.2 Å². The zero-order chi connectivity index (χ0) is 14.4. The fraction of sp³-hybridized carbons (Fsp3) is 0.250. The minimum Gasteiger partial charge on any atom is -0.496 e. The van der Waals surface area contributed by atoms with Crippen molar-refractivity contribution in [1.29, 1.82) is 0 Å². The number of methoxy groups -OCH3 is 1. The topological polar surface area (TPSA) is 41.5 Å². The zero-order valence-corrected chi connectivity index (χ0v) is 13.0. The first kappa shape index (κ1) is 15.0. The second-order valence-corrected chi connectivity index (χ2v) is 5.45. The van der Waals surface area contributed by atoms with E-state index in [2.05, 4.69) is 27.3 Å². The number of aliphatic hydroxyl groups is 1. The average molecular weight is 336 g/mol. The van der Waals surface area contributed by atoms with Gasteiger partial charge in [-0.05, 0) is 29.3 Å². The average Bonchev–Trinajstić information content (AvgIpc) is 2.48. The molecule has 0 spiro atoms. The van der Waals surface area contributed by atoms with Crippen LogP contribution in [0, 0.1) is 0 Å². The van der Waals surface area contributed by atoms with Gasteiger partial charge >= 0.3 is 0 Å². The Morgan fingerprint density at radius 3 is 2.65 bits per heavy atom. The number of hydrogen-bond donors (Lipinski definition) is 2. The second-order valence-electron chi connectivity index (χ2n) is 4.54. The minimum absolute atomic E-state index is 0.0767. The van der Waals surface area contributed by atoms with Crippen LogP contribution in [0.2, 0.25) is 0 Å². The molecule has 2 N–H and O–H groups in total. The van der Waals surface area contributed by atoms with E-state index >= 15 is 0 Å². The molecule has 0 amide bonds. The summed E-state index contributed by atoms with van der Waals surface area (Å²) in [4.78, 5) is 0. The van der Waals surface area contributed by atoms with Gasteiger partial charge in [0.25, 0.3) is 0 Å². The maximum Gasteiger partial charge on any atom is 0.123 e. The highest BCUT2D eigenvalue weighted by Crippen LogP contribution is 2.22. The molecule has 0 aliphatic carbocycles. The number of aliphatic hydroxyl groups excluding tert-OH is 1. The Bertz CT molecular complexity index is 572. The zero-order valence-electron chi connectivity index (χ0n) is 11.4. The number of rotatable bonds is 6. The van der Waals surface area contributed by atoms with Crippen LogP contribution in [0.15, 0.2) is 46.9 Å². The largest absolute Gasteiger partial charge is 0.496 e. The maximum atomic E-state index is 9.12. The Morgan fingerprint density at radius 1 is 1.10 bits per heavy atom. The first-order valence-electron chi connectivity index (χ1n) is 6.44. The Labute approximate surface area is 127 Å². The van der Waals surface area contributed by atoms with E-state index < -0.39 is 0 Å². The maximum absolute atomic E-state index is 9.12. The minimum atomic E-state index is 0.0767. The lowest BCUT2D eigenvalue weighted by Crippen LogP contribution is -2.13. The predicted molar refractivity (Wildman–Crippen MR) is 83.6 cm³/mol. The van der Waals surface area contributed by atoms with Gasteiger partial charge in [-0.3, -0.25) is 0 Å². The molecule has 2 aromatic rings. The molecule has 0 heterocycles. The summed E-state index contributed by atoms with van der Waals surface area (Å²) in [7, 11) is 1.68. The lowest BCUT2D eigenvalue weighted by atomic mass is 10.1. The normalized spacial score (nSPS) is 10.6. The standard InChI is InChI=1S/C16H18BrNO2/c1-20-16-6-5-15(17)8-14(16)10-18-9-12-3-2-4-13(7-12)11-19/h2-8,18-19H,9-11H2,1H3. The van der Waals surface area contributed by atoms with Gasteiger partial charge in [0.05, 0.1) is 13.7 Å². The van der Waals surface area contributed by atoms with E-state index in [0.717, 1.165) is 40.0 Å². The Morgan fingerprint density at radius 2 is 1.90 bits per heavy atom. The van der Waals surface area contributed by atoms with Crippen LogP contribution in [0.3, 0.4) is 0 Å². The van der Waals surface area contributed by atoms with Crippen LogP contribution in [0.5, 0.6) is 5.75 Å². The Balaban J connectivity index is 1.97. The third-order valence-electron chi connectivity index (χ3n) is 3.06. The van der Waals surface area contributed by atoms with Gasteiger partial charge in [-0.15, -0.1) is 0 Å². The number of nitrogens with one attached hydrogen (secondary N) is 1. The fourth-order valence-corrected chi connectivity index (χ4v) is 2.47.